The molecule has 4 N–H and O–H groups in total. The predicted molar refractivity (Wildman–Crippen MR) is 43.6 cm³/mol. The summed E-state index contributed by atoms with van der Waals surface area (Å²) in [5, 5.41) is 10.8. The van der Waals surface area contributed by atoms with E-state index in [1.165, 1.54) is 0 Å². The maximum Gasteiger partial charge on any atom is 0.326 e. The Bertz CT molecular complexity index is 181. The molecule has 0 saturated heterocycles. The molecule has 2 amide bonds. The fraction of sp³-hybridized carbons (Fsp3) is 0.714. The van der Waals surface area contributed by atoms with Crippen molar-refractivity contribution in [3.63, 3.8) is 0 Å². The van der Waals surface area contributed by atoms with Crippen molar-refractivity contribution in [3.8, 4) is 0 Å². The van der Waals surface area contributed by atoms with Gasteiger partial charge in [0.1, 0.15) is 6.04 Å². The summed E-state index contributed by atoms with van der Waals surface area (Å²) in [6.07, 6.45) is 0.678. The standard InChI is InChI=1S/C7H14N2O3/c1-3-4(2)5(6(10)11)9-7(8)12/h4-5H,3H2,1-2H3,(H,10,11)(H3,8,9,12)/t4-,5?/m0/s1. The number of nitrogens with two attached hydrogens (primary N) is 1. The van der Waals surface area contributed by atoms with Crippen molar-refractivity contribution in [2.45, 2.75) is 26.3 Å². The van der Waals surface area contributed by atoms with Crippen LogP contribution in [-0.4, -0.2) is 23.1 Å². The lowest BCUT2D eigenvalue weighted by molar-refractivity contribution is -0.140. The number of rotatable bonds is 4. The number of carbonyl (C=O) groups is 2. The van der Waals surface area contributed by atoms with Gasteiger partial charge in [-0.15, -0.1) is 0 Å². The number of amides is 2. The number of aliphatic carboxylic acids is 1. The topological polar surface area (TPSA) is 92.4 Å². The van der Waals surface area contributed by atoms with Crippen molar-refractivity contribution in [2.24, 2.45) is 11.7 Å². The first-order valence-electron chi connectivity index (χ1n) is 3.77. The number of carboxylic acids is 1. The molecule has 0 heterocycles. The molecule has 0 aromatic heterocycles. The highest BCUT2D eigenvalue weighted by atomic mass is 16.4. The summed E-state index contributed by atoms with van der Waals surface area (Å²) in [4.78, 5) is 20.9. The van der Waals surface area contributed by atoms with Crippen LogP contribution in [0.2, 0.25) is 0 Å². The van der Waals surface area contributed by atoms with Crippen molar-refractivity contribution in [1.82, 2.24) is 5.32 Å². The summed E-state index contributed by atoms with van der Waals surface area (Å²) in [6, 6.07) is -1.68. The number of urea groups is 1. The molecule has 5 heteroatoms. The van der Waals surface area contributed by atoms with E-state index in [2.05, 4.69) is 5.32 Å². The number of nitrogens with one attached hydrogen (secondary N) is 1. The zero-order valence-corrected chi connectivity index (χ0v) is 7.20. The monoisotopic (exact) mass is 174 g/mol. The van der Waals surface area contributed by atoms with Crippen LogP contribution in [0.3, 0.4) is 0 Å². The summed E-state index contributed by atoms with van der Waals surface area (Å²) < 4.78 is 0. The van der Waals surface area contributed by atoms with E-state index in [0.717, 1.165) is 0 Å². The minimum Gasteiger partial charge on any atom is -0.480 e. The molecule has 0 aliphatic heterocycles. The molecule has 5 nitrogen and oxygen atoms in total. The van der Waals surface area contributed by atoms with Crippen molar-refractivity contribution in [1.29, 1.82) is 0 Å². The van der Waals surface area contributed by atoms with Crippen LogP contribution in [0.1, 0.15) is 20.3 Å². The van der Waals surface area contributed by atoms with Gasteiger partial charge in [-0.25, -0.2) is 9.59 Å². The maximum absolute atomic E-state index is 10.6. The van der Waals surface area contributed by atoms with E-state index < -0.39 is 18.0 Å². The molecule has 0 fully saturated rings. The highest BCUT2D eigenvalue weighted by molar-refractivity contribution is 5.81. The molecular formula is C7H14N2O3. The summed E-state index contributed by atoms with van der Waals surface area (Å²) in [6.45, 7) is 3.60. The Balaban J connectivity index is 4.22. The van der Waals surface area contributed by atoms with Crippen molar-refractivity contribution in [2.75, 3.05) is 0 Å². The van der Waals surface area contributed by atoms with Crippen LogP contribution in [0.15, 0.2) is 0 Å². The van der Waals surface area contributed by atoms with Gasteiger partial charge in [0.15, 0.2) is 0 Å². The maximum atomic E-state index is 10.6. The van der Waals surface area contributed by atoms with Crippen LogP contribution in [0.5, 0.6) is 0 Å². The molecule has 1 unspecified atom stereocenters. The van der Waals surface area contributed by atoms with E-state index in [4.69, 9.17) is 10.8 Å². The van der Waals surface area contributed by atoms with E-state index in [-0.39, 0.29) is 5.92 Å². The second-order valence-electron chi connectivity index (χ2n) is 2.71. The fourth-order valence-corrected chi connectivity index (χ4v) is 0.836. The van der Waals surface area contributed by atoms with E-state index >= 15 is 0 Å². The van der Waals surface area contributed by atoms with E-state index in [1.807, 2.05) is 6.92 Å². The third-order valence-corrected chi connectivity index (χ3v) is 1.78. The Morgan fingerprint density at radius 2 is 2.08 bits per heavy atom. The van der Waals surface area contributed by atoms with Gasteiger partial charge < -0.3 is 16.2 Å². The van der Waals surface area contributed by atoms with Crippen LogP contribution in [0.25, 0.3) is 0 Å². The molecule has 0 radical (unpaired) electrons. The Hall–Kier alpha value is -1.26. The first-order chi connectivity index (χ1) is 5.49. The summed E-state index contributed by atoms with van der Waals surface area (Å²) in [7, 11) is 0. The first-order valence-corrected chi connectivity index (χ1v) is 3.77. The average molecular weight is 174 g/mol. The average Bonchev–Trinajstić information content (AvgIpc) is 1.98. The lowest BCUT2D eigenvalue weighted by Crippen LogP contribution is -2.47. The van der Waals surface area contributed by atoms with Gasteiger partial charge in [-0.1, -0.05) is 20.3 Å². The normalized spacial score (nSPS) is 14.8. The van der Waals surface area contributed by atoms with E-state index in [9.17, 15) is 9.59 Å². The van der Waals surface area contributed by atoms with Crippen molar-refractivity contribution in [3.05, 3.63) is 0 Å². The molecule has 12 heavy (non-hydrogen) atoms. The van der Waals surface area contributed by atoms with E-state index in [1.54, 1.807) is 6.92 Å². The number of hydrogen-bond donors (Lipinski definition) is 3. The first kappa shape index (κ1) is 10.7. The molecule has 0 rings (SSSR count). The number of primary amides is 1. The van der Waals surface area contributed by atoms with Crippen LogP contribution in [-0.2, 0) is 4.79 Å². The van der Waals surface area contributed by atoms with Gasteiger partial charge in [0.25, 0.3) is 0 Å². The predicted octanol–water partition coefficient (Wildman–Crippen LogP) is 0.154. The Morgan fingerprint density at radius 1 is 1.58 bits per heavy atom. The molecule has 70 valence electrons. The van der Waals surface area contributed by atoms with Gasteiger partial charge in [0, 0.05) is 0 Å². The fourth-order valence-electron chi connectivity index (χ4n) is 0.836. The van der Waals surface area contributed by atoms with Crippen LogP contribution in [0, 0.1) is 5.92 Å². The molecular weight excluding hydrogens is 160 g/mol. The highest BCUT2D eigenvalue weighted by Crippen LogP contribution is 2.07. The minimum absolute atomic E-state index is 0.116. The number of carboxylic acid groups (broad SMARTS) is 1. The highest BCUT2D eigenvalue weighted by Gasteiger charge is 2.23. The molecule has 0 saturated carbocycles. The van der Waals surface area contributed by atoms with Gasteiger partial charge >= 0.3 is 12.0 Å². The molecule has 0 aromatic carbocycles. The Kier molecular flexibility index (Phi) is 4.10. The zero-order chi connectivity index (χ0) is 9.72. The number of hydrogen-bond acceptors (Lipinski definition) is 2. The summed E-state index contributed by atoms with van der Waals surface area (Å²) >= 11 is 0. The SMILES string of the molecule is CC[C@H](C)C(NC(N)=O)C(=O)O. The lowest BCUT2D eigenvalue weighted by Gasteiger charge is -2.18. The van der Waals surface area contributed by atoms with Crippen molar-refractivity contribution >= 4 is 12.0 Å². The van der Waals surface area contributed by atoms with Crippen LogP contribution in [0.4, 0.5) is 4.79 Å². The minimum atomic E-state index is -1.05. The van der Waals surface area contributed by atoms with Gasteiger partial charge in [-0.05, 0) is 5.92 Å². The van der Waals surface area contributed by atoms with Gasteiger partial charge in [0.05, 0.1) is 0 Å². The molecule has 2 atom stereocenters. The Labute approximate surface area is 70.9 Å². The second kappa shape index (κ2) is 4.58. The third kappa shape index (κ3) is 3.23. The zero-order valence-electron chi connectivity index (χ0n) is 7.20. The van der Waals surface area contributed by atoms with Crippen LogP contribution < -0.4 is 11.1 Å². The molecule has 0 spiro atoms. The Morgan fingerprint density at radius 3 is 2.33 bits per heavy atom. The van der Waals surface area contributed by atoms with Gasteiger partial charge in [0.2, 0.25) is 0 Å². The third-order valence-electron chi connectivity index (χ3n) is 1.78. The lowest BCUT2D eigenvalue weighted by atomic mass is 10.00. The summed E-state index contributed by atoms with van der Waals surface area (Å²) in [5.74, 6) is -1.17. The molecule has 0 aliphatic rings. The smallest absolute Gasteiger partial charge is 0.326 e. The quantitative estimate of drug-likeness (QED) is 0.566. The largest absolute Gasteiger partial charge is 0.480 e. The number of carbonyl (C=O) groups excluding carboxylic acids is 1. The van der Waals surface area contributed by atoms with Crippen LogP contribution >= 0.6 is 0 Å². The second-order valence-corrected chi connectivity index (χ2v) is 2.71. The van der Waals surface area contributed by atoms with Crippen molar-refractivity contribution < 1.29 is 14.7 Å². The molecule has 0 aromatic rings. The van der Waals surface area contributed by atoms with Gasteiger partial charge in [-0.3, -0.25) is 0 Å². The molecule has 0 bridgehead atoms. The molecule has 0 aliphatic carbocycles. The summed E-state index contributed by atoms with van der Waals surface area (Å²) in [5.41, 5.74) is 4.81. The van der Waals surface area contributed by atoms with Gasteiger partial charge in [-0.2, -0.15) is 0 Å². The van der Waals surface area contributed by atoms with E-state index in [0.29, 0.717) is 6.42 Å².